The molecular weight excluding hydrogens is 518 g/mol. The van der Waals surface area contributed by atoms with Crippen LogP contribution in [-0.2, 0) is 24.3 Å². The van der Waals surface area contributed by atoms with E-state index >= 15 is 0 Å². The molecule has 0 saturated carbocycles. The first-order valence-corrected chi connectivity index (χ1v) is 13.5. The van der Waals surface area contributed by atoms with E-state index in [4.69, 9.17) is 21.7 Å². The van der Waals surface area contributed by atoms with Crippen molar-refractivity contribution in [2.24, 2.45) is 0 Å². The lowest BCUT2D eigenvalue weighted by Gasteiger charge is -2.15. The second-order valence-electron chi connectivity index (χ2n) is 8.49. The smallest absolute Gasteiger partial charge is 0.305 e. The van der Waals surface area contributed by atoms with Crippen molar-refractivity contribution < 1.29 is 32.2 Å². The monoisotopic (exact) mass is 549 g/mol. The number of methoxy groups -OCH3 is 2. The van der Waals surface area contributed by atoms with Gasteiger partial charge in [0.05, 0.1) is 30.1 Å². The van der Waals surface area contributed by atoms with Gasteiger partial charge >= 0.3 is 5.97 Å². The number of H-pyrrole nitrogens is 1. The third-order valence-electron chi connectivity index (χ3n) is 5.76. The van der Waals surface area contributed by atoms with Crippen LogP contribution < -0.4 is 14.8 Å². The number of nitrogens with zero attached hydrogens (tertiary/aromatic N) is 1. The van der Waals surface area contributed by atoms with E-state index < -0.39 is 10.0 Å². The molecule has 0 unspecified atom stereocenters. The number of rotatable bonds is 12. The fourth-order valence-corrected chi connectivity index (χ4v) is 6.33. The first kappa shape index (κ1) is 28.2. The van der Waals surface area contributed by atoms with Gasteiger partial charge in [-0.05, 0) is 74.3 Å². The molecule has 3 aromatic rings. The van der Waals surface area contributed by atoms with Gasteiger partial charge in [0.1, 0.15) is 11.5 Å². The number of aromatic nitrogens is 2. The van der Waals surface area contributed by atoms with Crippen LogP contribution in [0.3, 0.4) is 0 Å². The summed E-state index contributed by atoms with van der Waals surface area (Å²) in [5.74, 6) is 0.423. The van der Waals surface area contributed by atoms with Gasteiger partial charge in [-0.3, -0.25) is 9.59 Å². The maximum absolute atomic E-state index is 13.7. The molecule has 0 aliphatic rings. The molecule has 2 N–H and O–H groups in total. The van der Waals surface area contributed by atoms with Crippen LogP contribution in [0, 0.1) is 18.6 Å². The third-order valence-corrected chi connectivity index (χ3v) is 8.18. The van der Waals surface area contributed by atoms with Crippen molar-refractivity contribution >= 4 is 45.2 Å². The van der Waals surface area contributed by atoms with Gasteiger partial charge in [0.25, 0.3) is 15.9 Å². The van der Waals surface area contributed by atoms with Crippen molar-refractivity contribution in [2.75, 3.05) is 27.4 Å². The van der Waals surface area contributed by atoms with E-state index in [0.717, 1.165) is 16.8 Å². The first-order chi connectivity index (χ1) is 17.6. The highest BCUT2D eigenvalue weighted by Gasteiger charge is 2.26. The summed E-state index contributed by atoms with van der Waals surface area (Å²) in [5, 5.41) is 2.77. The fourth-order valence-electron chi connectivity index (χ4n) is 4.03. The predicted octanol–water partition coefficient (Wildman–Crippen LogP) is 3.79. The van der Waals surface area contributed by atoms with E-state index in [1.165, 1.54) is 14.2 Å². The van der Waals surface area contributed by atoms with Crippen molar-refractivity contribution in [1.29, 1.82) is 0 Å². The minimum atomic E-state index is -4.03. The van der Waals surface area contributed by atoms with E-state index in [2.05, 4.69) is 15.0 Å². The van der Waals surface area contributed by atoms with Gasteiger partial charge in [0, 0.05) is 19.0 Å². The standard InChI is InChI=1S/C25H31N3O7S2/c1-16-12-19(35-15-22(29)26-11-7-5-6-8-23(30)34-4)13-17(2)24(16)37(31,32)28-21-10-9-18(33-3)14-20(21)27-25(28)36/h9-10,12-14H,5-8,11,15H2,1-4H3,(H,26,29)(H,27,36). The lowest BCUT2D eigenvalue weighted by molar-refractivity contribution is -0.140. The van der Waals surface area contributed by atoms with Crippen LogP contribution in [0.5, 0.6) is 11.5 Å². The predicted molar refractivity (Wildman–Crippen MR) is 141 cm³/mol. The number of ether oxygens (including phenoxy) is 3. The fraction of sp³-hybridized carbons (Fsp3) is 0.400. The van der Waals surface area contributed by atoms with Crippen molar-refractivity contribution in [3.63, 3.8) is 0 Å². The number of aromatic amines is 1. The average molecular weight is 550 g/mol. The first-order valence-electron chi connectivity index (χ1n) is 11.7. The van der Waals surface area contributed by atoms with Gasteiger partial charge < -0.3 is 24.5 Å². The van der Waals surface area contributed by atoms with Crippen molar-refractivity contribution in [2.45, 2.75) is 44.4 Å². The Morgan fingerprint density at radius 2 is 1.73 bits per heavy atom. The number of amides is 1. The molecule has 0 saturated heterocycles. The lowest BCUT2D eigenvalue weighted by Crippen LogP contribution is -2.29. The molecule has 37 heavy (non-hydrogen) atoms. The highest BCUT2D eigenvalue weighted by molar-refractivity contribution is 7.90. The Morgan fingerprint density at radius 3 is 2.38 bits per heavy atom. The quantitative estimate of drug-likeness (QED) is 0.198. The van der Waals surface area contributed by atoms with Crippen molar-refractivity contribution in [1.82, 2.24) is 14.3 Å². The zero-order valence-electron chi connectivity index (χ0n) is 21.3. The number of esters is 1. The second kappa shape index (κ2) is 12.2. The number of carbonyl (C=O) groups excluding carboxylic acids is 2. The molecule has 0 aliphatic heterocycles. The van der Waals surface area contributed by atoms with Crippen LogP contribution in [0.1, 0.15) is 36.8 Å². The molecule has 1 heterocycles. The van der Waals surface area contributed by atoms with E-state index in [0.29, 0.717) is 53.0 Å². The van der Waals surface area contributed by atoms with Gasteiger partial charge in [-0.15, -0.1) is 0 Å². The molecule has 0 spiro atoms. The lowest BCUT2D eigenvalue weighted by atomic mass is 10.1. The molecule has 0 aliphatic carbocycles. The largest absolute Gasteiger partial charge is 0.497 e. The van der Waals surface area contributed by atoms with Gasteiger partial charge in [0.2, 0.25) is 0 Å². The molecule has 0 fully saturated rings. The van der Waals surface area contributed by atoms with Gasteiger partial charge in [-0.1, -0.05) is 6.42 Å². The summed E-state index contributed by atoms with van der Waals surface area (Å²) in [4.78, 5) is 26.3. The molecular formula is C25H31N3O7S2. The van der Waals surface area contributed by atoms with Crippen LogP contribution in [0.15, 0.2) is 35.2 Å². The number of carbonyl (C=O) groups is 2. The summed E-state index contributed by atoms with van der Waals surface area (Å²) < 4.78 is 43.9. The number of hydrogen-bond donors (Lipinski definition) is 2. The summed E-state index contributed by atoms with van der Waals surface area (Å²) in [6.45, 7) is 3.60. The molecule has 0 bridgehead atoms. The van der Waals surface area contributed by atoms with Crippen LogP contribution in [0.25, 0.3) is 11.0 Å². The molecule has 12 heteroatoms. The van der Waals surface area contributed by atoms with E-state index in [-0.39, 0.29) is 28.1 Å². The summed E-state index contributed by atoms with van der Waals surface area (Å²) in [6.07, 6.45) is 2.58. The molecule has 1 aromatic heterocycles. The number of imidazole rings is 1. The highest BCUT2D eigenvalue weighted by Crippen LogP contribution is 2.30. The maximum Gasteiger partial charge on any atom is 0.305 e. The van der Waals surface area contributed by atoms with Gasteiger partial charge in [-0.25, -0.2) is 12.4 Å². The second-order valence-corrected chi connectivity index (χ2v) is 10.6. The van der Waals surface area contributed by atoms with E-state index in [9.17, 15) is 18.0 Å². The Morgan fingerprint density at radius 1 is 1.03 bits per heavy atom. The van der Waals surface area contributed by atoms with Crippen molar-refractivity contribution in [3.05, 3.63) is 46.2 Å². The zero-order valence-corrected chi connectivity index (χ0v) is 22.9. The van der Waals surface area contributed by atoms with Crippen LogP contribution in [0.2, 0.25) is 0 Å². The highest BCUT2D eigenvalue weighted by atomic mass is 32.2. The molecule has 2 aromatic carbocycles. The Labute approximate surface area is 221 Å². The normalized spacial score (nSPS) is 11.4. The summed E-state index contributed by atoms with van der Waals surface area (Å²) in [5.41, 5.74) is 1.88. The molecule has 1 amide bonds. The Hall–Kier alpha value is -3.38. The minimum absolute atomic E-state index is 0.0457. The number of aryl methyl sites for hydroxylation is 2. The molecule has 200 valence electrons. The Balaban J connectivity index is 1.67. The molecule has 10 nitrogen and oxygen atoms in total. The van der Waals surface area contributed by atoms with E-state index in [1.807, 2.05) is 0 Å². The maximum atomic E-state index is 13.7. The summed E-state index contributed by atoms with van der Waals surface area (Å²) >= 11 is 5.34. The molecule has 0 radical (unpaired) electrons. The SMILES string of the molecule is COC(=O)CCCCCNC(=O)COc1cc(C)c(S(=O)(=O)n2c(=S)[nH]c3cc(OC)ccc32)c(C)c1. The van der Waals surface area contributed by atoms with E-state index in [1.54, 1.807) is 44.2 Å². The summed E-state index contributed by atoms with van der Waals surface area (Å²) in [6, 6.07) is 8.16. The number of nitrogens with one attached hydrogen (secondary N) is 2. The van der Waals surface area contributed by atoms with Crippen molar-refractivity contribution in [3.8, 4) is 11.5 Å². The Kier molecular flexibility index (Phi) is 9.33. The van der Waals surface area contributed by atoms with Crippen LogP contribution in [-0.4, -0.2) is 56.6 Å². The number of benzene rings is 2. The van der Waals surface area contributed by atoms with Gasteiger partial charge in [0.15, 0.2) is 11.4 Å². The average Bonchev–Trinajstić information content (AvgIpc) is 3.19. The van der Waals surface area contributed by atoms with Gasteiger partial charge in [-0.2, -0.15) is 0 Å². The molecule has 0 atom stereocenters. The number of fused-ring (bicyclic) bond motifs is 1. The zero-order chi connectivity index (χ0) is 27.2. The topological polar surface area (TPSA) is 129 Å². The number of unbranched alkanes of at least 4 members (excludes halogenated alkanes) is 2. The Bertz CT molecular complexity index is 1440. The summed E-state index contributed by atoms with van der Waals surface area (Å²) in [7, 11) is -1.15. The van der Waals surface area contributed by atoms with Crippen LogP contribution >= 0.6 is 12.2 Å². The van der Waals surface area contributed by atoms with Crippen LogP contribution in [0.4, 0.5) is 0 Å². The number of hydrogen-bond acceptors (Lipinski definition) is 8. The minimum Gasteiger partial charge on any atom is -0.497 e. The molecule has 3 rings (SSSR count). The third kappa shape index (κ3) is 6.69.